The molecule has 1 saturated heterocycles. The van der Waals surface area contributed by atoms with Gasteiger partial charge in [-0.25, -0.2) is 0 Å². The van der Waals surface area contributed by atoms with E-state index in [9.17, 15) is 9.59 Å². The van der Waals surface area contributed by atoms with Crippen molar-refractivity contribution >= 4 is 68.7 Å². The van der Waals surface area contributed by atoms with Gasteiger partial charge in [-0.3, -0.25) is 15.0 Å². The number of para-hydroxylation sites is 1. The Morgan fingerprint density at radius 2 is 2.03 bits per heavy atom. The quantitative estimate of drug-likeness (QED) is 0.392. The van der Waals surface area contributed by atoms with Gasteiger partial charge in [0.15, 0.2) is 4.32 Å². The van der Waals surface area contributed by atoms with Crippen molar-refractivity contribution in [3.8, 4) is 0 Å². The lowest BCUT2D eigenvalue weighted by molar-refractivity contribution is -0.123. The van der Waals surface area contributed by atoms with Crippen LogP contribution in [0.3, 0.4) is 0 Å². The Morgan fingerprint density at radius 3 is 2.77 bits per heavy atom. The number of carbonyl (C=O) groups is 2. The van der Waals surface area contributed by atoms with Crippen molar-refractivity contribution in [2.24, 2.45) is 0 Å². The summed E-state index contributed by atoms with van der Waals surface area (Å²) in [4.78, 5) is 26.1. The molecule has 31 heavy (non-hydrogen) atoms. The van der Waals surface area contributed by atoms with Gasteiger partial charge in [0.05, 0.1) is 15.5 Å². The average molecular weight is 470 g/mol. The van der Waals surface area contributed by atoms with Gasteiger partial charge in [0.25, 0.3) is 11.8 Å². The molecule has 5 nitrogen and oxygen atoms in total. The minimum atomic E-state index is -0.484. The van der Waals surface area contributed by atoms with Crippen molar-refractivity contribution in [2.45, 2.75) is 26.8 Å². The fourth-order valence-electron chi connectivity index (χ4n) is 3.49. The summed E-state index contributed by atoms with van der Waals surface area (Å²) in [6.45, 7) is 4.91. The number of fused-ring (bicyclic) bond motifs is 1. The van der Waals surface area contributed by atoms with Crippen LogP contribution in [-0.2, 0) is 11.3 Å². The van der Waals surface area contributed by atoms with E-state index in [1.54, 1.807) is 18.2 Å². The highest BCUT2D eigenvalue weighted by Crippen LogP contribution is 2.34. The third-order valence-corrected chi connectivity index (χ3v) is 6.56. The summed E-state index contributed by atoms with van der Waals surface area (Å²) in [5.74, 6) is -0.846. The number of thiocarbonyl (C=S) groups is 1. The molecule has 8 heteroatoms. The Labute approximate surface area is 195 Å². The lowest BCUT2D eigenvalue weighted by atomic mass is 10.1. The number of hydrogen-bond donors (Lipinski definition) is 1. The highest BCUT2D eigenvalue weighted by molar-refractivity contribution is 8.26. The molecule has 1 aromatic heterocycles. The number of nitrogens with zero attached hydrogens (tertiary/aromatic N) is 2. The van der Waals surface area contributed by atoms with Crippen LogP contribution in [0.2, 0.25) is 5.02 Å². The van der Waals surface area contributed by atoms with Crippen molar-refractivity contribution in [1.29, 1.82) is 0 Å². The van der Waals surface area contributed by atoms with Gasteiger partial charge >= 0.3 is 0 Å². The van der Waals surface area contributed by atoms with Crippen molar-refractivity contribution in [2.75, 3.05) is 0 Å². The molecule has 4 rings (SSSR count). The molecule has 0 radical (unpaired) electrons. The van der Waals surface area contributed by atoms with Crippen molar-refractivity contribution < 1.29 is 9.59 Å². The first-order chi connectivity index (χ1) is 14.9. The van der Waals surface area contributed by atoms with E-state index in [2.05, 4.69) is 23.0 Å². The van der Waals surface area contributed by atoms with E-state index in [1.807, 2.05) is 37.4 Å². The summed E-state index contributed by atoms with van der Waals surface area (Å²) in [6.07, 6.45) is 4.89. The number of thioether (sulfide) groups is 1. The van der Waals surface area contributed by atoms with Gasteiger partial charge in [-0.05, 0) is 55.4 Å². The number of benzene rings is 2. The van der Waals surface area contributed by atoms with Crippen LogP contribution < -0.4 is 5.43 Å². The fourth-order valence-corrected chi connectivity index (χ4v) is 4.98. The fraction of sp³-hybridized carbons (Fsp3) is 0.174. The predicted octanol–water partition coefficient (Wildman–Crippen LogP) is 5.56. The molecule has 3 aromatic rings. The molecular formula is C23H20ClN3O2S2. The number of halogens is 1. The van der Waals surface area contributed by atoms with Crippen LogP contribution in [0.15, 0.2) is 53.6 Å². The number of hydrazine groups is 1. The van der Waals surface area contributed by atoms with Crippen molar-refractivity contribution in [3.63, 3.8) is 0 Å². The molecule has 0 atom stereocenters. The van der Waals surface area contributed by atoms with E-state index >= 15 is 0 Å². The minimum Gasteiger partial charge on any atom is -0.347 e. The number of carbonyl (C=O) groups excluding carboxylic acids is 2. The molecule has 0 saturated carbocycles. The summed E-state index contributed by atoms with van der Waals surface area (Å²) in [7, 11) is 0. The average Bonchev–Trinajstić information content (AvgIpc) is 3.21. The van der Waals surface area contributed by atoms with Crippen molar-refractivity contribution in [3.05, 3.63) is 75.3 Å². The maximum absolute atomic E-state index is 13.0. The van der Waals surface area contributed by atoms with E-state index in [0.29, 0.717) is 9.93 Å². The number of amides is 2. The van der Waals surface area contributed by atoms with Gasteiger partial charge < -0.3 is 4.57 Å². The Balaban J connectivity index is 1.61. The van der Waals surface area contributed by atoms with Crippen molar-refractivity contribution in [1.82, 2.24) is 15.0 Å². The topological polar surface area (TPSA) is 54.3 Å². The second kappa shape index (κ2) is 8.86. The number of nitrogens with one attached hydrogen (secondary N) is 1. The molecule has 1 aliphatic heterocycles. The summed E-state index contributed by atoms with van der Waals surface area (Å²) in [5, 5.41) is 2.49. The van der Waals surface area contributed by atoms with Gasteiger partial charge in [0.2, 0.25) is 0 Å². The van der Waals surface area contributed by atoms with E-state index in [4.69, 9.17) is 23.8 Å². The molecule has 1 fully saturated rings. The maximum atomic E-state index is 13.0. The summed E-state index contributed by atoms with van der Waals surface area (Å²) in [5.41, 5.74) is 5.87. The molecule has 2 aromatic carbocycles. The summed E-state index contributed by atoms with van der Waals surface area (Å²) < 4.78 is 2.45. The van der Waals surface area contributed by atoms with Crippen LogP contribution in [0.25, 0.3) is 17.0 Å². The number of rotatable bonds is 5. The third-order valence-electron chi connectivity index (χ3n) is 4.95. The molecule has 0 aliphatic carbocycles. The standard InChI is InChI=1S/C23H20ClN3O2S2/c1-3-10-26-13-15(16-6-4-5-7-19(16)26)12-20-22(29)27(23(30)31-20)25-21(28)17-9-8-14(2)11-18(17)24/h4-9,11-13H,3,10H2,1-2H3,(H,25,28)/b20-12-. The summed E-state index contributed by atoms with van der Waals surface area (Å²) >= 11 is 12.7. The first kappa shape index (κ1) is 21.6. The molecule has 0 spiro atoms. The molecule has 158 valence electrons. The molecule has 2 heterocycles. The SMILES string of the molecule is CCCn1cc(/C=C2\SC(=S)N(NC(=O)c3ccc(C)cc3Cl)C2=O)c2ccccc21. The van der Waals surface area contributed by atoms with Crippen LogP contribution in [0.1, 0.15) is 34.8 Å². The number of hydrogen-bond acceptors (Lipinski definition) is 4. The largest absolute Gasteiger partial charge is 0.347 e. The summed E-state index contributed by atoms with van der Waals surface area (Å²) in [6, 6.07) is 13.2. The van der Waals surface area contributed by atoms with Gasteiger partial charge in [-0.1, -0.05) is 54.6 Å². The van der Waals surface area contributed by atoms with E-state index in [-0.39, 0.29) is 15.8 Å². The van der Waals surface area contributed by atoms with Crippen LogP contribution in [-0.4, -0.2) is 25.7 Å². The second-order valence-electron chi connectivity index (χ2n) is 7.24. The van der Waals surface area contributed by atoms with Crippen LogP contribution in [0.5, 0.6) is 0 Å². The normalized spacial score (nSPS) is 15.3. The van der Waals surface area contributed by atoms with Crippen LogP contribution in [0.4, 0.5) is 0 Å². The molecular weight excluding hydrogens is 450 g/mol. The molecule has 1 aliphatic rings. The lowest BCUT2D eigenvalue weighted by Gasteiger charge is -2.16. The highest BCUT2D eigenvalue weighted by Gasteiger charge is 2.34. The first-order valence-electron chi connectivity index (χ1n) is 9.82. The Morgan fingerprint density at radius 1 is 1.26 bits per heavy atom. The second-order valence-corrected chi connectivity index (χ2v) is 9.32. The smallest absolute Gasteiger partial charge is 0.285 e. The van der Waals surface area contributed by atoms with E-state index < -0.39 is 5.91 Å². The van der Waals surface area contributed by atoms with E-state index in [0.717, 1.165) is 51.8 Å². The zero-order chi connectivity index (χ0) is 22.1. The zero-order valence-corrected chi connectivity index (χ0v) is 19.4. The molecule has 1 N–H and O–H groups in total. The van der Waals surface area contributed by atoms with E-state index in [1.165, 1.54) is 0 Å². The maximum Gasteiger partial charge on any atom is 0.285 e. The van der Waals surface area contributed by atoms with Gasteiger partial charge in [0, 0.05) is 29.2 Å². The number of aromatic nitrogens is 1. The Hall–Kier alpha value is -2.61. The van der Waals surface area contributed by atoms with Crippen LogP contribution in [0, 0.1) is 6.92 Å². The predicted molar refractivity (Wildman–Crippen MR) is 131 cm³/mol. The van der Waals surface area contributed by atoms with Gasteiger partial charge in [-0.15, -0.1) is 0 Å². The lowest BCUT2D eigenvalue weighted by Crippen LogP contribution is -2.44. The Bertz CT molecular complexity index is 1250. The van der Waals surface area contributed by atoms with Gasteiger partial charge in [0.1, 0.15) is 0 Å². The Kier molecular flexibility index (Phi) is 6.18. The first-order valence-corrected chi connectivity index (χ1v) is 11.4. The monoisotopic (exact) mass is 469 g/mol. The molecule has 0 bridgehead atoms. The van der Waals surface area contributed by atoms with Crippen LogP contribution >= 0.6 is 35.6 Å². The minimum absolute atomic E-state index is 0.269. The third kappa shape index (κ3) is 4.26. The molecule has 2 amide bonds. The number of aryl methyl sites for hydroxylation is 2. The molecule has 0 unspecified atom stereocenters. The highest BCUT2D eigenvalue weighted by atomic mass is 35.5. The zero-order valence-electron chi connectivity index (χ0n) is 17.0. The van der Waals surface area contributed by atoms with Gasteiger partial charge in [-0.2, -0.15) is 5.01 Å².